The smallest absolute Gasteiger partial charge is 0.251 e. The van der Waals surface area contributed by atoms with Crippen LogP contribution < -0.4 is 10.1 Å². The van der Waals surface area contributed by atoms with Gasteiger partial charge in [0.15, 0.2) is 0 Å². The minimum Gasteiger partial charge on any atom is -0.491 e. The lowest BCUT2D eigenvalue weighted by molar-refractivity contribution is 0.0953. The van der Waals surface area contributed by atoms with Crippen LogP contribution in [-0.4, -0.2) is 28.6 Å². The molecule has 170 valence electrons. The summed E-state index contributed by atoms with van der Waals surface area (Å²) in [5, 5.41) is 2.89. The number of para-hydroxylation sites is 2. The Morgan fingerprint density at radius 2 is 1.85 bits per heavy atom. The summed E-state index contributed by atoms with van der Waals surface area (Å²) in [6.45, 7) is 5.85. The number of carbonyl (C=O) groups is 1. The summed E-state index contributed by atoms with van der Waals surface area (Å²) < 4.78 is 21.3. The first kappa shape index (κ1) is 22.5. The zero-order valence-corrected chi connectivity index (χ0v) is 19.0. The Bertz CT molecular complexity index is 1250. The number of aromatic nitrogens is 2. The molecule has 33 heavy (non-hydrogen) atoms. The van der Waals surface area contributed by atoms with E-state index < -0.39 is 0 Å². The number of amides is 1. The Hall–Kier alpha value is -3.67. The van der Waals surface area contributed by atoms with Gasteiger partial charge in [-0.25, -0.2) is 9.37 Å². The van der Waals surface area contributed by atoms with Crippen molar-refractivity contribution in [2.75, 3.05) is 13.2 Å². The maximum Gasteiger partial charge on any atom is 0.251 e. The lowest BCUT2D eigenvalue weighted by atomic mass is 10.1. The van der Waals surface area contributed by atoms with Gasteiger partial charge in [0.1, 0.15) is 24.0 Å². The number of fused-ring (bicyclic) bond motifs is 1. The van der Waals surface area contributed by atoms with E-state index in [9.17, 15) is 9.18 Å². The molecule has 0 saturated heterocycles. The molecule has 0 spiro atoms. The molecule has 1 N–H and O–H groups in total. The second-order valence-electron chi connectivity index (χ2n) is 8.15. The van der Waals surface area contributed by atoms with Gasteiger partial charge in [0, 0.05) is 18.5 Å². The summed E-state index contributed by atoms with van der Waals surface area (Å²) in [5.74, 6) is 1.32. The third kappa shape index (κ3) is 5.58. The molecular formula is C27H28FN3O2. The largest absolute Gasteiger partial charge is 0.491 e. The maximum atomic E-state index is 13.0. The molecule has 3 aromatic carbocycles. The molecule has 4 rings (SSSR count). The molecule has 1 aromatic heterocycles. The predicted octanol–water partition coefficient (Wildman–Crippen LogP) is 5.23. The van der Waals surface area contributed by atoms with Crippen molar-refractivity contribution in [2.45, 2.75) is 33.2 Å². The Kier molecular flexibility index (Phi) is 7.03. The summed E-state index contributed by atoms with van der Waals surface area (Å²) in [6.07, 6.45) is 1.47. The third-order valence-corrected chi connectivity index (χ3v) is 5.62. The molecule has 0 aliphatic carbocycles. The fourth-order valence-corrected chi connectivity index (χ4v) is 3.83. The number of aryl methyl sites for hydroxylation is 3. The minimum absolute atomic E-state index is 0.203. The highest BCUT2D eigenvalue weighted by molar-refractivity contribution is 5.94. The molecule has 0 fully saturated rings. The first-order chi connectivity index (χ1) is 16.0. The molecular weight excluding hydrogens is 417 g/mol. The van der Waals surface area contributed by atoms with Gasteiger partial charge in [0.25, 0.3) is 5.91 Å². The Balaban J connectivity index is 1.38. The lowest BCUT2D eigenvalue weighted by Gasteiger charge is -2.13. The number of nitrogens with zero attached hydrogens (tertiary/aromatic N) is 2. The van der Waals surface area contributed by atoms with Crippen molar-refractivity contribution in [2.24, 2.45) is 0 Å². The molecule has 0 bridgehead atoms. The lowest BCUT2D eigenvalue weighted by Crippen LogP contribution is -2.25. The average Bonchev–Trinajstić information content (AvgIpc) is 3.17. The van der Waals surface area contributed by atoms with E-state index in [0.29, 0.717) is 25.3 Å². The predicted molar refractivity (Wildman–Crippen MR) is 128 cm³/mol. The van der Waals surface area contributed by atoms with Crippen molar-refractivity contribution in [3.8, 4) is 5.75 Å². The van der Waals surface area contributed by atoms with E-state index in [2.05, 4.69) is 41.1 Å². The number of imidazole rings is 1. The molecule has 1 amide bonds. The Morgan fingerprint density at radius 1 is 1.06 bits per heavy atom. The first-order valence-electron chi connectivity index (χ1n) is 11.2. The van der Waals surface area contributed by atoms with Gasteiger partial charge in [-0.05, 0) is 73.9 Å². The fourth-order valence-electron chi connectivity index (χ4n) is 3.83. The fraction of sp³-hybridized carbons (Fsp3) is 0.259. The van der Waals surface area contributed by atoms with E-state index in [1.807, 2.05) is 25.1 Å². The van der Waals surface area contributed by atoms with Crippen molar-refractivity contribution in [3.05, 3.63) is 95.1 Å². The monoisotopic (exact) mass is 445 g/mol. The zero-order valence-electron chi connectivity index (χ0n) is 19.0. The number of nitrogens with one attached hydrogen (secondary N) is 1. The number of hydrogen-bond donors (Lipinski definition) is 1. The summed E-state index contributed by atoms with van der Waals surface area (Å²) in [7, 11) is 0. The van der Waals surface area contributed by atoms with E-state index in [1.165, 1.54) is 29.8 Å². The summed E-state index contributed by atoms with van der Waals surface area (Å²) in [5.41, 5.74) is 4.77. The molecule has 0 atom stereocenters. The molecule has 0 aliphatic heterocycles. The van der Waals surface area contributed by atoms with Crippen molar-refractivity contribution in [1.82, 2.24) is 14.9 Å². The van der Waals surface area contributed by atoms with Gasteiger partial charge in [0.2, 0.25) is 0 Å². The molecule has 0 unspecified atom stereocenters. The van der Waals surface area contributed by atoms with Gasteiger partial charge in [-0.1, -0.05) is 24.3 Å². The van der Waals surface area contributed by atoms with Crippen LogP contribution in [0.5, 0.6) is 5.75 Å². The minimum atomic E-state index is -0.355. The Morgan fingerprint density at radius 3 is 2.67 bits per heavy atom. The summed E-state index contributed by atoms with van der Waals surface area (Å²) >= 11 is 0. The van der Waals surface area contributed by atoms with Crippen LogP contribution in [0.2, 0.25) is 0 Å². The summed E-state index contributed by atoms with van der Waals surface area (Å²) in [6, 6.07) is 19.8. The van der Waals surface area contributed by atoms with Crippen LogP contribution in [-0.2, 0) is 13.0 Å². The Labute approximate surface area is 193 Å². The van der Waals surface area contributed by atoms with Gasteiger partial charge < -0.3 is 14.6 Å². The molecule has 1 heterocycles. The highest BCUT2D eigenvalue weighted by Gasteiger charge is 2.11. The van der Waals surface area contributed by atoms with Gasteiger partial charge in [0.05, 0.1) is 17.6 Å². The highest BCUT2D eigenvalue weighted by Crippen LogP contribution is 2.21. The number of ether oxygens (including phenoxy) is 1. The van der Waals surface area contributed by atoms with E-state index in [1.54, 1.807) is 0 Å². The summed E-state index contributed by atoms with van der Waals surface area (Å²) in [4.78, 5) is 17.0. The second kappa shape index (κ2) is 10.3. The van der Waals surface area contributed by atoms with Crippen LogP contribution in [0.15, 0.2) is 66.7 Å². The molecule has 0 aliphatic rings. The van der Waals surface area contributed by atoms with Crippen LogP contribution in [0.4, 0.5) is 4.39 Å². The number of carbonyl (C=O) groups excluding carboxylic acids is 1. The van der Waals surface area contributed by atoms with Gasteiger partial charge in [-0.2, -0.15) is 0 Å². The maximum absolute atomic E-state index is 13.0. The van der Waals surface area contributed by atoms with E-state index >= 15 is 0 Å². The molecule has 6 heteroatoms. The van der Waals surface area contributed by atoms with E-state index in [-0.39, 0.29) is 11.7 Å². The van der Waals surface area contributed by atoms with Crippen molar-refractivity contribution in [3.63, 3.8) is 0 Å². The first-order valence-corrected chi connectivity index (χ1v) is 11.2. The normalized spacial score (nSPS) is 11.0. The van der Waals surface area contributed by atoms with Crippen molar-refractivity contribution >= 4 is 16.9 Å². The molecule has 4 aromatic rings. The zero-order chi connectivity index (χ0) is 23.2. The van der Waals surface area contributed by atoms with Crippen molar-refractivity contribution in [1.29, 1.82) is 0 Å². The van der Waals surface area contributed by atoms with Crippen molar-refractivity contribution < 1.29 is 13.9 Å². The van der Waals surface area contributed by atoms with E-state index in [0.717, 1.165) is 41.0 Å². The third-order valence-electron chi connectivity index (χ3n) is 5.62. The standard InChI is InChI=1S/C27H28FN3O2/c1-19-9-10-20(2)25(18-19)33-17-16-31-24-7-4-3-6-23(24)30-26(31)8-5-15-29-27(32)21-11-13-22(28)14-12-21/h3-4,6-7,9-14,18H,5,8,15-17H2,1-2H3,(H,29,32). The number of hydrogen-bond acceptors (Lipinski definition) is 3. The average molecular weight is 446 g/mol. The molecule has 0 saturated carbocycles. The van der Waals surface area contributed by atoms with Gasteiger partial charge >= 0.3 is 0 Å². The number of benzene rings is 3. The van der Waals surface area contributed by atoms with Crippen LogP contribution in [0.1, 0.15) is 33.7 Å². The van der Waals surface area contributed by atoms with Crippen LogP contribution in [0.3, 0.4) is 0 Å². The second-order valence-corrected chi connectivity index (χ2v) is 8.15. The quantitative estimate of drug-likeness (QED) is 0.359. The highest BCUT2D eigenvalue weighted by atomic mass is 19.1. The SMILES string of the molecule is Cc1ccc(C)c(OCCn2c(CCCNC(=O)c3ccc(F)cc3)nc3ccccc32)c1. The van der Waals surface area contributed by atoms with Crippen LogP contribution in [0.25, 0.3) is 11.0 Å². The molecule has 5 nitrogen and oxygen atoms in total. The van der Waals surface area contributed by atoms with Gasteiger partial charge in [-0.3, -0.25) is 4.79 Å². The van der Waals surface area contributed by atoms with E-state index in [4.69, 9.17) is 9.72 Å². The van der Waals surface area contributed by atoms with Crippen LogP contribution >= 0.6 is 0 Å². The molecule has 0 radical (unpaired) electrons. The van der Waals surface area contributed by atoms with Gasteiger partial charge in [-0.15, -0.1) is 0 Å². The number of rotatable bonds is 9. The number of halogens is 1. The van der Waals surface area contributed by atoms with Crippen LogP contribution in [0, 0.1) is 19.7 Å². The topological polar surface area (TPSA) is 56.1 Å².